The standard InChI is InChI=1S/C15H22O3/c1-9(8-16)11-4-5-15(3)12(6-11)10(2)13(17)7-14(15)18/h11,14,16,18H,1,4-8H2,2-3H3/t11-,14+,15-/m0/s1. The molecule has 0 aliphatic heterocycles. The third kappa shape index (κ3) is 1.95. The molecule has 2 aliphatic rings. The molecule has 0 amide bonds. The Hall–Kier alpha value is -0.930. The highest BCUT2D eigenvalue weighted by molar-refractivity contribution is 5.97. The molecule has 0 spiro atoms. The summed E-state index contributed by atoms with van der Waals surface area (Å²) in [6.45, 7) is 7.83. The Labute approximate surface area is 108 Å². The second-order valence-electron chi connectivity index (χ2n) is 5.92. The number of aliphatic hydroxyl groups excluding tert-OH is 2. The van der Waals surface area contributed by atoms with Crippen LogP contribution in [0.15, 0.2) is 23.3 Å². The van der Waals surface area contributed by atoms with E-state index in [1.165, 1.54) is 0 Å². The number of hydrogen-bond acceptors (Lipinski definition) is 3. The molecule has 3 heteroatoms. The van der Waals surface area contributed by atoms with Crippen LogP contribution in [0.25, 0.3) is 0 Å². The molecule has 1 fully saturated rings. The summed E-state index contributed by atoms with van der Waals surface area (Å²) in [5, 5.41) is 19.4. The first-order valence-electron chi connectivity index (χ1n) is 6.60. The predicted molar refractivity (Wildman–Crippen MR) is 70.0 cm³/mol. The summed E-state index contributed by atoms with van der Waals surface area (Å²) < 4.78 is 0. The smallest absolute Gasteiger partial charge is 0.161 e. The lowest BCUT2D eigenvalue weighted by molar-refractivity contribution is -0.121. The van der Waals surface area contributed by atoms with Gasteiger partial charge in [0, 0.05) is 11.8 Å². The van der Waals surface area contributed by atoms with Crippen LogP contribution in [0.1, 0.15) is 39.5 Å². The molecule has 0 saturated heterocycles. The third-order valence-electron chi connectivity index (χ3n) is 4.92. The number of carbonyl (C=O) groups excluding carboxylic acids is 1. The number of aliphatic hydroxyl groups is 2. The maximum Gasteiger partial charge on any atom is 0.161 e. The molecule has 1 saturated carbocycles. The Morgan fingerprint density at radius 1 is 1.50 bits per heavy atom. The summed E-state index contributed by atoms with van der Waals surface area (Å²) >= 11 is 0. The van der Waals surface area contributed by atoms with E-state index < -0.39 is 6.10 Å². The van der Waals surface area contributed by atoms with Crippen LogP contribution in [0.4, 0.5) is 0 Å². The number of carbonyl (C=O) groups is 1. The van der Waals surface area contributed by atoms with Crippen LogP contribution in [0, 0.1) is 11.3 Å². The molecule has 100 valence electrons. The third-order valence-corrected chi connectivity index (χ3v) is 4.92. The van der Waals surface area contributed by atoms with Crippen LogP contribution < -0.4 is 0 Å². The van der Waals surface area contributed by atoms with Gasteiger partial charge in [-0.05, 0) is 43.3 Å². The first-order valence-corrected chi connectivity index (χ1v) is 6.60. The van der Waals surface area contributed by atoms with E-state index in [9.17, 15) is 15.0 Å². The second-order valence-corrected chi connectivity index (χ2v) is 5.92. The van der Waals surface area contributed by atoms with Crippen LogP contribution in [0.5, 0.6) is 0 Å². The Balaban J connectivity index is 2.35. The molecular weight excluding hydrogens is 228 g/mol. The van der Waals surface area contributed by atoms with Crippen molar-refractivity contribution < 1.29 is 15.0 Å². The summed E-state index contributed by atoms with van der Waals surface area (Å²) in [6, 6.07) is 0. The summed E-state index contributed by atoms with van der Waals surface area (Å²) in [4.78, 5) is 11.9. The van der Waals surface area contributed by atoms with Gasteiger partial charge in [0.2, 0.25) is 0 Å². The Morgan fingerprint density at radius 2 is 2.17 bits per heavy atom. The zero-order valence-electron chi connectivity index (χ0n) is 11.2. The molecule has 2 rings (SSSR count). The van der Waals surface area contributed by atoms with E-state index in [2.05, 4.69) is 13.5 Å². The molecule has 0 aromatic rings. The van der Waals surface area contributed by atoms with Gasteiger partial charge in [0.25, 0.3) is 0 Å². The number of hydrogen-bond donors (Lipinski definition) is 2. The molecule has 0 unspecified atom stereocenters. The van der Waals surface area contributed by atoms with Gasteiger partial charge >= 0.3 is 0 Å². The van der Waals surface area contributed by atoms with Gasteiger partial charge in [-0.1, -0.05) is 19.1 Å². The van der Waals surface area contributed by atoms with Crippen molar-refractivity contribution in [3.63, 3.8) is 0 Å². The van der Waals surface area contributed by atoms with Gasteiger partial charge in [0.1, 0.15) is 0 Å². The largest absolute Gasteiger partial charge is 0.392 e. The molecule has 0 aromatic carbocycles. The van der Waals surface area contributed by atoms with E-state index in [1.54, 1.807) is 0 Å². The van der Waals surface area contributed by atoms with Crippen LogP contribution in [0.3, 0.4) is 0 Å². The minimum absolute atomic E-state index is 0.00418. The average molecular weight is 250 g/mol. The second kappa shape index (κ2) is 4.63. The van der Waals surface area contributed by atoms with Crippen molar-refractivity contribution in [2.24, 2.45) is 11.3 Å². The minimum atomic E-state index is -0.563. The molecule has 2 N–H and O–H groups in total. The van der Waals surface area contributed by atoms with E-state index in [4.69, 9.17) is 0 Å². The summed E-state index contributed by atoms with van der Waals surface area (Å²) in [6.07, 6.45) is 2.23. The lowest BCUT2D eigenvalue weighted by Crippen LogP contribution is -2.44. The van der Waals surface area contributed by atoms with Crippen LogP contribution >= 0.6 is 0 Å². The van der Waals surface area contributed by atoms with Gasteiger partial charge in [-0.25, -0.2) is 0 Å². The van der Waals surface area contributed by atoms with Gasteiger partial charge in [-0.3, -0.25) is 4.79 Å². The lowest BCUT2D eigenvalue weighted by Gasteiger charge is -2.46. The van der Waals surface area contributed by atoms with Crippen molar-refractivity contribution in [2.75, 3.05) is 6.61 Å². The maximum absolute atomic E-state index is 11.9. The van der Waals surface area contributed by atoms with Gasteiger partial charge < -0.3 is 10.2 Å². The van der Waals surface area contributed by atoms with E-state index in [-0.39, 0.29) is 30.1 Å². The van der Waals surface area contributed by atoms with E-state index in [0.717, 1.165) is 36.0 Å². The van der Waals surface area contributed by atoms with Gasteiger partial charge in [0.05, 0.1) is 12.7 Å². The first kappa shape index (κ1) is 13.5. The van der Waals surface area contributed by atoms with Crippen molar-refractivity contribution in [3.8, 4) is 0 Å². The van der Waals surface area contributed by atoms with Crippen LogP contribution in [-0.2, 0) is 4.79 Å². The first-order chi connectivity index (χ1) is 8.40. The van der Waals surface area contributed by atoms with E-state index >= 15 is 0 Å². The topological polar surface area (TPSA) is 57.5 Å². The van der Waals surface area contributed by atoms with Crippen molar-refractivity contribution in [1.29, 1.82) is 0 Å². The molecule has 0 bridgehead atoms. The molecular formula is C15H22O3. The molecule has 18 heavy (non-hydrogen) atoms. The molecule has 2 aliphatic carbocycles. The SMILES string of the molecule is C=C(CO)[C@H]1CC[C@@]2(C)C(=C(C)C(=O)C[C@H]2O)C1. The number of rotatable bonds is 2. The fourth-order valence-corrected chi connectivity index (χ4v) is 3.36. The van der Waals surface area contributed by atoms with Crippen molar-refractivity contribution in [3.05, 3.63) is 23.3 Å². The fraction of sp³-hybridized carbons (Fsp3) is 0.667. The highest BCUT2D eigenvalue weighted by Gasteiger charge is 2.46. The number of Topliss-reactive ketones (excluding diaryl/α,β-unsaturated/α-hetero) is 1. The van der Waals surface area contributed by atoms with E-state index in [1.807, 2.05) is 6.92 Å². The highest BCUT2D eigenvalue weighted by atomic mass is 16.3. The fourth-order valence-electron chi connectivity index (χ4n) is 3.36. The summed E-state index contributed by atoms with van der Waals surface area (Å²) in [5.41, 5.74) is 2.48. The Morgan fingerprint density at radius 3 is 2.78 bits per heavy atom. The monoisotopic (exact) mass is 250 g/mol. The van der Waals surface area contributed by atoms with Crippen molar-refractivity contribution >= 4 is 5.78 Å². The molecule has 3 nitrogen and oxygen atoms in total. The summed E-state index contributed by atoms with van der Waals surface area (Å²) in [5.74, 6) is 0.302. The Kier molecular flexibility index (Phi) is 3.47. The average Bonchev–Trinajstić information content (AvgIpc) is 2.36. The normalized spacial score (nSPS) is 36.6. The van der Waals surface area contributed by atoms with E-state index in [0.29, 0.717) is 0 Å². The minimum Gasteiger partial charge on any atom is -0.392 e. The zero-order valence-corrected chi connectivity index (χ0v) is 11.2. The quantitative estimate of drug-likeness (QED) is 0.737. The zero-order chi connectivity index (χ0) is 13.5. The van der Waals surface area contributed by atoms with Crippen molar-refractivity contribution in [2.45, 2.75) is 45.6 Å². The lowest BCUT2D eigenvalue weighted by atomic mass is 9.59. The molecule has 0 heterocycles. The molecule has 0 radical (unpaired) electrons. The maximum atomic E-state index is 11.9. The van der Waals surface area contributed by atoms with Crippen LogP contribution in [-0.4, -0.2) is 28.7 Å². The Bertz CT molecular complexity index is 421. The van der Waals surface area contributed by atoms with Crippen molar-refractivity contribution in [1.82, 2.24) is 0 Å². The predicted octanol–water partition coefficient (Wildman–Crippen LogP) is 1.99. The highest BCUT2D eigenvalue weighted by Crippen LogP contribution is 2.51. The molecule has 3 atom stereocenters. The van der Waals surface area contributed by atoms with Gasteiger partial charge in [0.15, 0.2) is 5.78 Å². The number of ketones is 1. The summed E-state index contributed by atoms with van der Waals surface area (Å²) in [7, 11) is 0. The number of fused-ring (bicyclic) bond motifs is 1. The number of allylic oxidation sites excluding steroid dienone is 1. The van der Waals surface area contributed by atoms with Crippen LogP contribution in [0.2, 0.25) is 0 Å². The van der Waals surface area contributed by atoms with Gasteiger partial charge in [-0.15, -0.1) is 0 Å². The van der Waals surface area contributed by atoms with Gasteiger partial charge in [-0.2, -0.15) is 0 Å². The molecule has 0 aromatic heterocycles.